The quantitative estimate of drug-likeness (QED) is 0.0228. The zero-order chi connectivity index (χ0) is 49.2. The van der Waals surface area contributed by atoms with Gasteiger partial charge in [-0.05, 0) is 44.6 Å². The van der Waals surface area contributed by atoms with E-state index in [0.717, 1.165) is 18.2 Å². The molecular formula is C38H51N7O20. The highest BCUT2D eigenvalue weighted by Crippen LogP contribution is 2.18. The minimum absolute atomic E-state index is 0.0307. The van der Waals surface area contributed by atoms with E-state index in [1.165, 1.54) is 0 Å². The number of nitro benzene ring substituents is 1. The summed E-state index contributed by atoms with van der Waals surface area (Å²) >= 11 is 0. The predicted molar refractivity (Wildman–Crippen MR) is 216 cm³/mol. The van der Waals surface area contributed by atoms with Crippen molar-refractivity contribution in [1.82, 2.24) is 31.9 Å². The molecule has 0 unspecified atom stereocenters. The summed E-state index contributed by atoms with van der Waals surface area (Å²) in [7, 11) is 0. The number of carbonyl (C=O) groups is 12. The number of nitrogens with one attached hydrogen (secondary N) is 6. The van der Waals surface area contributed by atoms with Gasteiger partial charge in [0.2, 0.25) is 23.6 Å². The minimum atomic E-state index is -1.72. The molecular weight excluding hydrogens is 874 g/mol. The zero-order valence-corrected chi connectivity index (χ0v) is 34.7. The summed E-state index contributed by atoms with van der Waals surface area (Å²) in [6, 6.07) is -3.58. The molecule has 1 aromatic carbocycles. The lowest BCUT2D eigenvalue weighted by Gasteiger charge is -2.17. The van der Waals surface area contributed by atoms with E-state index in [9.17, 15) is 77.9 Å². The third kappa shape index (κ3) is 23.3. The van der Waals surface area contributed by atoms with E-state index in [2.05, 4.69) is 21.3 Å². The molecule has 4 atom stereocenters. The summed E-state index contributed by atoms with van der Waals surface area (Å²) in [6.45, 7) is 0.0614. The van der Waals surface area contributed by atoms with Crippen LogP contribution in [0.4, 0.5) is 5.69 Å². The summed E-state index contributed by atoms with van der Waals surface area (Å²) < 4.78 is 0. The highest BCUT2D eigenvalue weighted by atomic mass is 16.6. The monoisotopic (exact) mass is 925 g/mol. The van der Waals surface area contributed by atoms with Gasteiger partial charge in [0.05, 0.1) is 17.8 Å². The highest BCUT2D eigenvalue weighted by Gasteiger charge is 2.28. The zero-order valence-electron chi connectivity index (χ0n) is 34.7. The topological polar surface area (TPSA) is 442 Å². The predicted octanol–water partition coefficient (Wildman–Crippen LogP) is -1.04. The summed E-state index contributed by atoms with van der Waals surface area (Å²) in [5.74, 6) is -14.0. The van der Waals surface area contributed by atoms with E-state index < -0.39 is 145 Å². The molecule has 27 heteroatoms. The second-order valence-electron chi connectivity index (χ2n) is 14.3. The number of hydrogen-bond acceptors (Lipinski definition) is 14. The molecule has 0 saturated heterocycles. The van der Waals surface area contributed by atoms with Crippen LogP contribution in [0.15, 0.2) is 18.2 Å². The lowest BCUT2D eigenvalue weighted by molar-refractivity contribution is -0.384. The number of aliphatic carboxylic acids is 6. The molecule has 358 valence electrons. The largest absolute Gasteiger partial charge is 0.481 e. The van der Waals surface area contributed by atoms with Crippen molar-refractivity contribution in [3.8, 4) is 0 Å². The van der Waals surface area contributed by atoms with E-state index in [1.54, 1.807) is 0 Å². The van der Waals surface area contributed by atoms with E-state index >= 15 is 0 Å². The van der Waals surface area contributed by atoms with Gasteiger partial charge < -0.3 is 62.5 Å². The van der Waals surface area contributed by atoms with Crippen LogP contribution in [0.1, 0.15) is 111 Å². The fraction of sp³-hybridized carbons (Fsp3) is 0.526. The SMILES string of the molecule is O=C(O)CC[C@H](NC(=O)C[C@@H](NC(=O)CCCCCNC(=O)c1cc(C(=O)NCCCCCC(=O)N[C@H](CC(=O)N[C@@H](CCC(=O)O)C(=O)O)C(=O)O)cc([N+](=O)[O-])c1)C(=O)O)C(=O)O. The Morgan fingerprint density at radius 1 is 0.462 bits per heavy atom. The fourth-order valence-corrected chi connectivity index (χ4v) is 5.62. The van der Waals surface area contributed by atoms with Gasteiger partial charge in [-0.15, -0.1) is 0 Å². The van der Waals surface area contributed by atoms with Crippen LogP contribution in [0.3, 0.4) is 0 Å². The average molecular weight is 926 g/mol. The van der Waals surface area contributed by atoms with Gasteiger partial charge >= 0.3 is 35.8 Å². The first-order valence-electron chi connectivity index (χ1n) is 19.9. The highest BCUT2D eigenvalue weighted by molar-refractivity contribution is 6.00. The van der Waals surface area contributed by atoms with E-state index in [-0.39, 0.29) is 49.9 Å². The number of nitrogens with zero attached hydrogens (tertiary/aromatic N) is 1. The van der Waals surface area contributed by atoms with Gasteiger partial charge in [-0.3, -0.25) is 48.5 Å². The van der Waals surface area contributed by atoms with Crippen molar-refractivity contribution in [1.29, 1.82) is 0 Å². The molecule has 0 aliphatic heterocycles. The number of hydrogen-bond donors (Lipinski definition) is 12. The van der Waals surface area contributed by atoms with Crippen LogP contribution in [0, 0.1) is 10.1 Å². The maximum atomic E-state index is 12.8. The smallest absolute Gasteiger partial charge is 0.326 e. The Kier molecular flexibility index (Phi) is 24.5. The normalized spacial score (nSPS) is 12.4. The Bertz CT molecular complexity index is 1830. The first kappa shape index (κ1) is 55.3. The number of nitro groups is 1. The Morgan fingerprint density at radius 3 is 1.11 bits per heavy atom. The van der Waals surface area contributed by atoms with Gasteiger partial charge in [0.1, 0.15) is 24.2 Å². The number of rotatable bonds is 33. The number of benzene rings is 1. The van der Waals surface area contributed by atoms with Crippen molar-refractivity contribution in [2.45, 2.75) is 114 Å². The Labute approximate surface area is 368 Å². The second kappa shape index (κ2) is 28.8. The molecule has 0 aliphatic rings. The van der Waals surface area contributed by atoms with Gasteiger partial charge in [-0.1, -0.05) is 12.8 Å². The van der Waals surface area contributed by atoms with Gasteiger partial charge in [0.15, 0.2) is 0 Å². The lowest BCUT2D eigenvalue weighted by Crippen LogP contribution is -2.47. The molecule has 6 amide bonds. The van der Waals surface area contributed by atoms with E-state index in [4.69, 9.17) is 20.4 Å². The number of carboxylic acids is 6. The maximum Gasteiger partial charge on any atom is 0.326 e. The third-order valence-electron chi connectivity index (χ3n) is 8.99. The second-order valence-corrected chi connectivity index (χ2v) is 14.3. The summed E-state index contributed by atoms with van der Waals surface area (Å²) in [4.78, 5) is 153. The molecule has 0 bridgehead atoms. The minimum Gasteiger partial charge on any atom is -0.481 e. The molecule has 1 rings (SSSR count). The summed E-state index contributed by atoms with van der Waals surface area (Å²) in [5, 5.41) is 79.6. The van der Waals surface area contributed by atoms with Crippen molar-refractivity contribution in [2.24, 2.45) is 0 Å². The van der Waals surface area contributed by atoms with Crippen molar-refractivity contribution in [2.75, 3.05) is 13.1 Å². The van der Waals surface area contributed by atoms with E-state index in [0.29, 0.717) is 25.7 Å². The molecule has 0 aliphatic carbocycles. The van der Waals surface area contributed by atoms with Gasteiger partial charge in [-0.2, -0.15) is 0 Å². The molecule has 1 aromatic rings. The number of unbranched alkanes of at least 4 members (excludes halogenated alkanes) is 4. The molecule has 12 N–H and O–H groups in total. The van der Waals surface area contributed by atoms with Crippen molar-refractivity contribution in [3.05, 3.63) is 39.4 Å². The number of non-ortho nitro benzene ring substituents is 1. The van der Waals surface area contributed by atoms with Crippen LogP contribution in [0.25, 0.3) is 0 Å². The molecule has 0 saturated carbocycles. The van der Waals surface area contributed by atoms with E-state index in [1.807, 2.05) is 10.6 Å². The summed E-state index contributed by atoms with van der Waals surface area (Å²) in [6.07, 6.45) is -2.44. The number of carbonyl (C=O) groups excluding carboxylic acids is 6. The molecule has 0 heterocycles. The van der Waals surface area contributed by atoms with Crippen LogP contribution >= 0.6 is 0 Å². The van der Waals surface area contributed by atoms with Crippen LogP contribution in [0.5, 0.6) is 0 Å². The van der Waals surface area contributed by atoms with Crippen molar-refractivity contribution in [3.63, 3.8) is 0 Å². The van der Waals surface area contributed by atoms with Gasteiger partial charge in [0.25, 0.3) is 17.5 Å². The van der Waals surface area contributed by atoms with Crippen LogP contribution < -0.4 is 31.9 Å². The standard InChI is InChI=1S/C38H51N7O20/c46-27(43-25(37(60)61)18-29(48)41-23(35(56)57)9-11-31(50)51)7-3-1-5-13-39-33(54)20-15-21(17-22(16-20)45(64)65)34(55)40-14-6-2-4-8-28(47)44-26(38(62)63)19-30(49)42-24(36(58)59)10-12-32(52)53/h15-17,23-26H,1-14,18-19H2,(H,39,54)(H,40,55)(H,41,48)(H,42,49)(H,43,46)(H,44,47)(H,50,51)(H,52,53)(H,56,57)(H,58,59)(H,60,61)(H,62,63)/t23-,24-,25+,26+/m0/s1. The number of amides is 6. The van der Waals surface area contributed by atoms with Crippen molar-refractivity contribution >= 4 is 76.9 Å². The average Bonchev–Trinajstić information content (AvgIpc) is 3.21. The fourth-order valence-electron chi connectivity index (χ4n) is 5.62. The van der Waals surface area contributed by atoms with Crippen LogP contribution in [-0.2, 0) is 47.9 Å². The summed E-state index contributed by atoms with van der Waals surface area (Å²) in [5.41, 5.74) is -0.993. The van der Waals surface area contributed by atoms with Crippen LogP contribution in [0.2, 0.25) is 0 Å². The molecule has 0 radical (unpaired) electrons. The van der Waals surface area contributed by atoms with Gasteiger partial charge in [-0.25, -0.2) is 19.2 Å². The van der Waals surface area contributed by atoms with Gasteiger partial charge in [0, 0.05) is 62.0 Å². The maximum absolute atomic E-state index is 12.8. The Morgan fingerprint density at radius 2 is 0.800 bits per heavy atom. The lowest BCUT2D eigenvalue weighted by atomic mass is 10.1. The first-order chi connectivity index (χ1) is 30.5. The van der Waals surface area contributed by atoms with Crippen molar-refractivity contribution < 1.29 is 93.1 Å². The molecule has 0 fully saturated rings. The number of carboxylic acid groups (broad SMARTS) is 6. The molecule has 0 spiro atoms. The third-order valence-corrected chi connectivity index (χ3v) is 8.99. The first-order valence-corrected chi connectivity index (χ1v) is 19.9. The van der Waals surface area contributed by atoms with Crippen LogP contribution in [-0.4, -0.2) is 144 Å². The molecule has 65 heavy (non-hydrogen) atoms. The molecule has 27 nitrogen and oxygen atoms in total. The Hall–Kier alpha value is -7.74. The Balaban J connectivity index is 2.56. The molecule has 0 aromatic heterocycles.